The van der Waals surface area contributed by atoms with Gasteiger partial charge in [0, 0.05) is 28.7 Å². The number of aromatic nitrogens is 4. The number of H-pyrrole nitrogens is 1. The molecule has 2 aliphatic carbocycles. The van der Waals surface area contributed by atoms with Gasteiger partial charge in [-0.2, -0.15) is 0 Å². The molecule has 0 radical (unpaired) electrons. The van der Waals surface area contributed by atoms with Gasteiger partial charge in [-0.1, -0.05) is 49.4 Å². The van der Waals surface area contributed by atoms with Gasteiger partial charge in [-0.25, -0.2) is 0 Å². The number of aromatic amines is 1. The van der Waals surface area contributed by atoms with Crippen LogP contribution < -0.4 is 0 Å². The number of aryl methyl sites for hydroxylation is 1. The molecule has 2 aliphatic rings. The minimum Gasteiger partial charge on any atom is -0.360 e. The smallest absolute Gasteiger partial charge is 0.192 e. The van der Waals surface area contributed by atoms with Crippen LogP contribution in [0.1, 0.15) is 61.5 Å². The minimum atomic E-state index is 0.129. The molecule has 0 saturated heterocycles. The Labute approximate surface area is 208 Å². The number of thiophene rings is 1. The van der Waals surface area contributed by atoms with Crippen LogP contribution in [-0.2, 0) is 6.42 Å². The number of thioether (sulfide) groups is 1. The van der Waals surface area contributed by atoms with E-state index in [9.17, 15) is 4.79 Å². The zero-order valence-electron chi connectivity index (χ0n) is 19.7. The molecule has 3 aromatic heterocycles. The number of nitrogens with one attached hydrogen (secondary N) is 1. The maximum atomic E-state index is 13.3. The number of carbonyl (C=O) groups is 1. The first-order valence-corrected chi connectivity index (χ1v) is 14.2. The highest BCUT2D eigenvalue weighted by Crippen LogP contribution is 2.53. The molecule has 1 aromatic carbocycles. The Morgan fingerprint density at radius 2 is 2.15 bits per heavy atom. The summed E-state index contributed by atoms with van der Waals surface area (Å²) in [5.41, 5.74) is 3.08. The molecule has 2 bridgehead atoms. The van der Waals surface area contributed by atoms with Gasteiger partial charge < -0.3 is 4.98 Å². The first-order valence-electron chi connectivity index (χ1n) is 12.4. The van der Waals surface area contributed by atoms with Crippen LogP contribution in [0.25, 0.3) is 21.6 Å². The Balaban J connectivity index is 1.28. The van der Waals surface area contributed by atoms with Gasteiger partial charge in [-0.15, -0.1) is 21.5 Å². The number of Topliss-reactive ketones (excluding diaryl/α,β-unsaturated/α-hetero) is 1. The van der Waals surface area contributed by atoms with Gasteiger partial charge in [0.05, 0.1) is 10.6 Å². The molecule has 0 spiro atoms. The second kappa shape index (κ2) is 9.00. The van der Waals surface area contributed by atoms with Gasteiger partial charge in [-0.05, 0) is 67.4 Å². The van der Waals surface area contributed by atoms with Crippen LogP contribution in [0, 0.1) is 17.8 Å². The molecule has 0 amide bonds. The van der Waals surface area contributed by atoms with Crippen molar-refractivity contribution in [3.63, 3.8) is 0 Å². The van der Waals surface area contributed by atoms with Crippen LogP contribution in [0.15, 0.2) is 47.1 Å². The Bertz CT molecular complexity index is 1320. The lowest BCUT2D eigenvalue weighted by atomic mass is 9.84. The summed E-state index contributed by atoms with van der Waals surface area (Å²) in [6.45, 7) is 4.48. The Morgan fingerprint density at radius 3 is 2.88 bits per heavy atom. The fourth-order valence-corrected chi connectivity index (χ4v) is 7.95. The Morgan fingerprint density at radius 1 is 1.24 bits per heavy atom. The second-order valence-electron chi connectivity index (χ2n) is 9.84. The van der Waals surface area contributed by atoms with E-state index in [-0.39, 0.29) is 5.78 Å². The summed E-state index contributed by atoms with van der Waals surface area (Å²) in [7, 11) is 0. The van der Waals surface area contributed by atoms with E-state index in [1.165, 1.54) is 43.0 Å². The van der Waals surface area contributed by atoms with Crippen molar-refractivity contribution in [3.05, 3.63) is 53.0 Å². The monoisotopic (exact) mass is 490 g/mol. The predicted octanol–water partition coefficient (Wildman–Crippen LogP) is 7.02. The van der Waals surface area contributed by atoms with Crippen molar-refractivity contribution in [2.75, 3.05) is 5.75 Å². The molecule has 2 fully saturated rings. The largest absolute Gasteiger partial charge is 0.360 e. The van der Waals surface area contributed by atoms with Crippen LogP contribution in [-0.4, -0.2) is 31.3 Å². The molecule has 34 heavy (non-hydrogen) atoms. The first kappa shape index (κ1) is 22.1. The summed E-state index contributed by atoms with van der Waals surface area (Å²) in [4.78, 5) is 17.7. The number of hydrogen-bond donors (Lipinski definition) is 1. The van der Waals surface area contributed by atoms with E-state index in [0.717, 1.165) is 50.6 Å². The summed E-state index contributed by atoms with van der Waals surface area (Å²) in [5.74, 6) is 3.81. The zero-order chi connectivity index (χ0) is 23.2. The van der Waals surface area contributed by atoms with E-state index in [0.29, 0.717) is 17.7 Å². The number of hydrogen-bond acceptors (Lipinski definition) is 5. The number of para-hydroxylation sites is 1. The average Bonchev–Trinajstić information content (AvgIpc) is 3.68. The van der Waals surface area contributed by atoms with E-state index >= 15 is 0 Å². The van der Waals surface area contributed by atoms with Gasteiger partial charge in [-0.3, -0.25) is 9.36 Å². The standard InChI is InChI=1S/C27H30N4OS2/c1-3-18-6-4-7-20-22(14-28-25(18)20)23(32)15-34-27-30-29-26(24-8-5-11-33-24)31(27)16(2)21-13-17-9-10-19(21)12-17/h4-8,11,14,16-17,19,21,28H,3,9-10,12-13,15H2,1-2H3/t16-,17-,19-,21+/m0/s1. The van der Waals surface area contributed by atoms with Crippen molar-refractivity contribution in [1.82, 2.24) is 19.7 Å². The van der Waals surface area contributed by atoms with Gasteiger partial charge in [0.2, 0.25) is 0 Å². The first-order chi connectivity index (χ1) is 16.6. The highest BCUT2D eigenvalue weighted by Gasteiger charge is 2.43. The third kappa shape index (κ3) is 3.73. The van der Waals surface area contributed by atoms with Crippen molar-refractivity contribution in [2.45, 2.75) is 57.1 Å². The van der Waals surface area contributed by atoms with Crippen molar-refractivity contribution >= 4 is 39.8 Å². The van der Waals surface area contributed by atoms with Crippen molar-refractivity contribution < 1.29 is 4.79 Å². The molecule has 4 aromatic rings. The predicted molar refractivity (Wildman–Crippen MR) is 140 cm³/mol. The quantitative estimate of drug-likeness (QED) is 0.213. The molecule has 0 unspecified atom stereocenters. The van der Waals surface area contributed by atoms with E-state index in [2.05, 4.69) is 57.2 Å². The molecule has 6 rings (SSSR count). The normalized spacial score (nSPS) is 22.6. The van der Waals surface area contributed by atoms with Crippen LogP contribution in [0.5, 0.6) is 0 Å². The highest BCUT2D eigenvalue weighted by atomic mass is 32.2. The number of fused-ring (bicyclic) bond motifs is 3. The zero-order valence-corrected chi connectivity index (χ0v) is 21.3. The maximum Gasteiger partial charge on any atom is 0.192 e. The van der Waals surface area contributed by atoms with Crippen molar-refractivity contribution in [1.29, 1.82) is 0 Å². The third-order valence-electron chi connectivity index (χ3n) is 8.04. The van der Waals surface area contributed by atoms with Gasteiger partial charge in [0.15, 0.2) is 16.8 Å². The van der Waals surface area contributed by atoms with Crippen LogP contribution in [0.4, 0.5) is 0 Å². The molecule has 4 atom stereocenters. The summed E-state index contributed by atoms with van der Waals surface area (Å²) in [5, 5.41) is 13.2. The molecule has 7 heteroatoms. The van der Waals surface area contributed by atoms with Gasteiger partial charge in [0.1, 0.15) is 0 Å². The SMILES string of the molecule is CCc1cccc2c(C(=O)CSc3nnc(-c4cccs4)n3[C@@H](C)[C@H]3C[C@H]4CC[C@H]3C4)c[nH]c12. The summed E-state index contributed by atoms with van der Waals surface area (Å²) >= 11 is 3.23. The van der Waals surface area contributed by atoms with E-state index in [1.807, 2.05) is 18.3 Å². The topological polar surface area (TPSA) is 63.6 Å². The van der Waals surface area contributed by atoms with Gasteiger partial charge in [0.25, 0.3) is 0 Å². The fraction of sp³-hybridized carbons (Fsp3) is 0.444. The average molecular weight is 491 g/mol. The molecular weight excluding hydrogens is 460 g/mol. The minimum absolute atomic E-state index is 0.129. The summed E-state index contributed by atoms with van der Waals surface area (Å²) in [6, 6.07) is 10.7. The van der Waals surface area contributed by atoms with E-state index < -0.39 is 0 Å². The van der Waals surface area contributed by atoms with Crippen LogP contribution in [0.2, 0.25) is 0 Å². The molecule has 0 aliphatic heterocycles. The van der Waals surface area contributed by atoms with Gasteiger partial charge >= 0.3 is 0 Å². The fourth-order valence-electron chi connectivity index (χ4n) is 6.34. The molecule has 3 heterocycles. The lowest BCUT2D eigenvalue weighted by Gasteiger charge is -2.30. The van der Waals surface area contributed by atoms with Crippen molar-refractivity contribution in [3.8, 4) is 10.7 Å². The lowest BCUT2D eigenvalue weighted by Crippen LogP contribution is -2.23. The number of nitrogens with zero attached hydrogens (tertiary/aromatic N) is 3. The Kier molecular flexibility index (Phi) is 5.86. The highest BCUT2D eigenvalue weighted by molar-refractivity contribution is 7.99. The second-order valence-corrected chi connectivity index (χ2v) is 11.7. The number of benzene rings is 1. The molecule has 2 saturated carbocycles. The lowest BCUT2D eigenvalue weighted by molar-refractivity contribution is 0.102. The number of carbonyl (C=O) groups excluding carboxylic acids is 1. The van der Waals surface area contributed by atoms with Crippen LogP contribution >= 0.6 is 23.1 Å². The Hall–Kier alpha value is -2.38. The maximum absolute atomic E-state index is 13.3. The third-order valence-corrected chi connectivity index (χ3v) is 9.85. The molecule has 176 valence electrons. The molecule has 1 N–H and O–H groups in total. The summed E-state index contributed by atoms with van der Waals surface area (Å²) in [6.07, 6.45) is 8.26. The van der Waals surface area contributed by atoms with Crippen molar-refractivity contribution in [2.24, 2.45) is 17.8 Å². The number of rotatable bonds is 8. The van der Waals surface area contributed by atoms with E-state index in [4.69, 9.17) is 0 Å². The molecule has 5 nitrogen and oxygen atoms in total. The number of ketones is 1. The van der Waals surface area contributed by atoms with E-state index in [1.54, 1.807) is 11.3 Å². The van der Waals surface area contributed by atoms with Crippen LogP contribution in [0.3, 0.4) is 0 Å². The summed E-state index contributed by atoms with van der Waals surface area (Å²) < 4.78 is 2.33. The molecular formula is C27H30N4OS2.